The Labute approximate surface area is 181 Å². The van der Waals surface area contributed by atoms with Gasteiger partial charge in [0.2, 0.25) is 0 Å². The third kappa shape index (κ3) is 5.47. The van der Waals surface area contributed by atoms with Gasteiger partial charge in [0.15, 0.2) is 0 Å². The van der Waals surface area contributed by atoms with Crippen molar-refractivity contribution >= 4 is 18.2 Å². The first-order chi connectivity index (χ1) is 14.6. The number of aryl methyl sites for hydroxylation is 1. The normalized spacial score (nSPS) is 13.1. The molecule has 1 N–H and O–H groups in total. The van der Waals surface area contributed by atoms with Crippen LogP contribution in [0.15, 0.2) is 24.3 Å². The number of H-pyrrole nitrogens is 1. The summed E-state index contributed by atoms with van der Waals surface area (Å²) in [5, 5.41) is 9.72. The summed E-state index contributed by atoms with van der Waals surface area (Å²) in [7, 11) is 0. The zero-order valence-corrected chi connectivity index (χ0v) is 18.0. The second-order valence-corrected chi connectivity index (χ2v) is 7.47. The highest BCUT2D eigenvalue weighted by Gasteiger charge is 2.19. The molecule has 0 aliphatic heterocycles. The van der Waals surface area contributed by atoms with Crippen LogP contribution in [0.25, 0.3) is 11.1 Å². The highest BCUT2D eigenvalue weighted by molar-refractivity contribution is 7.71. The smallest absolute Gasteiger partial charge is 0.332 e. The molecule has 30 heavy (non-hydrogen) atoms. The first kappa shape index (κ1) is 22.0. The third-order valence-corrected chi connectivity index (χ3v) is 5.34. The summed E-state index contributed by atoms with van der Waals surface area (Å²) in [4.78, 5) is 14.5. The Morgan fingerprint density at radius 1 is 1.17 bits per heavy atom. The number of nitrogens with zero attached hydrogens (tertiary/aromatic N) is 1. The molecule has 0 bridgehead atoms. The number of hydrogen-bond acceptors (Lipinski definition) is 6. The number of esters is 1. The lowest BCUT2D eigenvalue weighted by Crippen LogP contribution is -2.15. The molecule has 2 aromatic rings. The van der Waals surface area contributed by atoms with E-state index in [1.165, 1.54) is 12.0 Å². The Hall–Kier alpha value is -2.69. The predicted octanol–water partition coefficient (Wildman–Crippen LogP) is 4.51. The molecule has 0 saturated carbocycles. The fraction of sp³-hybridized carbons (Fsp3) is 0.435. The lowest BCUT2D eigenvalue weighted by molar-refractivity contribution is -0.148. The van der Waals surface area contributed by atoms with Crippen LogP contribution >= 0.6 is 12.2 Å². The molecule has 0 radical (unpaired) electrons. The van der Waals surface area contributed by atoms with E-state index in [9.17, 15) is 10.1 Å². The number of carbonyl (C=O) groups is 1. The van der Waals surface area contributed by atoms with E-state index in [4.69, 9.17) is 26.4 Å². The average molecular weight is 427 g/mol. The van der Waals surface area contributed by atoms with Crippen molar-refractivity contribution in [3.63, 3.8) is 0 Å². The van der Waals surface area contributed by atoms with Crippen LogP contribution in [-0.2, 0) is 27.1 Å². The monoisotopic (exact) mass is 426 g/mol. The molecular weight excluding hydrogens is 400 g/mol. The Kier molecular flexibility index (Phi) is 8.00. The number of ether oxygens (including phenoxy) is 3. The van der Waals surface area contributed by atoms with Gasteiger partial charge in [-0.05, 0) is 55.9 Å². The van der Waals surface area contributed by atoms with E-state index in [0.29, 0.717) is 35.8 Å². The summed E-state index contributed by atoms with van der Waals surface area (Å²) in [5.41, 5.74) is 4.81. The molecule has 6 nitrogen and oxygen atoms in total. The zero-order chi connectivity index (χ0) is 21.3. The van der Waals surface area contributed by atoms with Gasteiger partial charge < -0.3 is 19.2 Å². The molecule has 1 aromatic heterocycles. The topological polar surface area (TPSA) is 84.3 Å². The van der Waals surface area contributed by atoms with Crippen molar-refractivity contribution in [2.24, 2.45) is 0 Å². The fourth-order valence-corrected chi connectivity index (χ4v) is 3.95. The maximum absolute atomic E-state index is 11.2. The number of carbonyl (C=O) groups excluding carboxylic acids is 1. The van der Waals surface area contributed by atoms with Crippen molar-refractivity contribution in [1.82, 2.24) is 4.98 Å². The van der Waals surface area contributed by atoms with E-state index in [2.05, 4.69) is 11.1 Å². The molecule has 0 unspecified atom stereocenters. The van der Waals surface area contributed by atoms with Crippen LogP contribution in [0, 0.1) is 16.0 Å². The molecule has 1 aliphatic rings. The van der Waals surface area contributed by atoms with Crippen molar-refractivity contribution in [1.29, 1.82) is 5.26 Å². The summed E-state index contributed by atoms with van der Waals surface area (Å²) in [6.45, 7) is 2.64. The van der Waals surface area contributed by atoms with Crippen molar-refractivity contribution < 1.29 is 19.0 Å². The second kappa shape index (κ2) is 10.9. The van der Waals surface area contributed by atoms with Gasteiger partial charge in [-0.15, -0.1) is 0 Å². The van der Waals surface area contributed by atoms with Gasteiger partial charge in [0.25, 0.3) is 0 Å². The van der Waals surface area contributed by atoms with E-state index >= 15 is 0 Å². The summed E-state index contributed by atoms with van der Waals surface area (Å²) in [6.07, 6.45) is 5.34. The molecule has 0 amide bonds. The van der Waals surface area contributed by atoms with E-state index in [1.54, 1.807) is 6.92 Å². The van der Waals surface area contributed by atoms with Crippen LogP contribution in [0.4, 0.5) is 0 Å². The molecule has 1 aromatic carbocycles. The predicted molar refractivity (Wildman–Crippen MR) is 116 cm³/mol. The van der Waals surface area contributed by atoms with E-state index in [0.717, 1.165) is 42.5 Å². The number of rotatable bonds is 8. The molecule has 7 heteroatoms. The minimum absolute atomic E-state index is 0.0768. The van der Waals surface area contributed by atoms with Gasteiger partial charge in [-0.1, -0.05) is 30.8 Å². The molecule has 1 aliphatic carbocycles. The lowest BCUT2D eigenvalue weighted by atomic mass is 9.92. The van der Waals surface area contributed by atoms with Crippen molar-refractivity contribution in [3.8, 4) is 22.9 Å². The molecule has 0 spiro atoms. The molecular formula is C23H26N2O4S. The number of benzene rings is 1. The number of aromatic nitrogens is 1. The Morgan fingerprint density at radius 3 is 2.67 bits per heavy atom. The van der Waals surface area contributed by atoms with Gasteiger partial charge >= 0.3 is 5.97 Å². The standard InChI is InChI=1S/C23H26N2O4S/c1-2-28-21(26)15-27-12-13-29-17-10-8-16(9-11-17)22-18-6-4-3-5-7-20(18)25-23(30)19(22)14-24/h8-11H,2-7,12-13,15H2,1H3,(H,25,30). The van der Waals surface area contributed by atoms with E-state index in [1.807, 2.05) is 24.3 Å². The van der Waals surface area contributed by atoms with Crippen LogP contribution in [0.2, 0.25) is 0 Å². The Morgan fingerprint density at radius 2 is 1.93 bits per heavy atom. The number of aromatic amines is 1. The molecule has 158 valence electrons. The zero-order valence-electron chi connectivity index (χ0n) is 17.2. The first-order valence-corrected chi connectivity index (χ1v) is 10.7. The van der Waals surface area contributed by atoms with Gasteiger partial charge in [0.05, 0.1) is 18.8 Å². The highest BCUT2D eigenvalue weighted by Crippen LogP contribution is 2.34. The van der Waals surface area contributed by atoms with Crippen molar-refractivity contribution in [2.45, 2.75) is 39.0 Å². The molecule has 0 atom stereocenters. The van der Waals surface area contributed by atoms with Crippen molar-refractivity contribution in [3.05, 3.63) is 45.7 Å². The van der Waals surface area contributed by atoms with Crippen LogP contribution in [0.1, 0.15) is 43.0 Å². The number of pyridine rings is 1. The van der Waals surface area contributed by atoms with Gasteiger partial charge in [-0.3, -0.25) is 0 Å². The second-order valence-electron chi connectivity index (χ2n) is 7.06. The molecule has 0 fully saturated rings. The summed E-state index contributed by atoms with van der Waals surface area (Å²) in [6, 6.07) is 9.98. The van der Waals surface area contributed by atoms with Crippen molar-refractivity contribution in [2.75, 3.05) is 26.4 Å². The minimum atomic E-state index is -0.379. The number of nitriles is 1. The number of hydrogen-bond donors (Lipinski definition) is 1. The quantitative estimate of drug-likeness (QED) is 0.289. The SMILES string of the molecule is CCOC(=O)COCCOc1ccc(-c2c3c([nH]c(=S)c2C#N)CCCCC3)cc1. The number of nitrogens with one attached hydrogen (secondary N) is 1. The van der Waals surface area contributed by atoms with Crippen LogP contribution in [-0.4, -0.2) is 37.4 Å². The summed E-state index contributed by atoms with van der Waals surface area (Å²) >= 11 is 5.46. The molecule has 0 saturated heterocycles. The third-order valence-electron chi connectivity index (χ3n) is 5.04. The first-order valence-electron chi connectivity index (χ1n) is 10.3. The Bertz CT molecular complexity index is 976. The molecule has 3 rings (SSSR count). The number of fused-ring (bicyclic) bond motifs is 1. The lowest BCUT2D eigenvalue weighted by Gasteiger charge is -2.15. The largest absolute Gasteiger partial charge is 0.491 e. The van der Waals surface area contributed by atoms with Crippen LogP contribution in [0.3, 0.4) is 0 Å². The average Bonchev–Trinajstić information content (AvgIpc) is 2.98. The van der Waals surface area contributed by atoms with Gasteiger partial charge in [-0.25, -0.2) is 4.79 Å². The summed E-state index contributed by atoms with van der Waals surface area (Å²) in [5.74, 6) is 0.319. The van der Waals surface area contributed by atoms with Crippen LogP contribution < -0.4 is 4.74 Å². The van der Waals surface area contributed by atoms with E-state index < -0.39 is 0 Å². The van der Waals surface area contributed by atoms with Gasteiger partial charge in [-0.2, -0.15) is 5.26 Å². The maximum atomic E-state index is 11.2. The Balaban J connectivity index is 1.71. The minimum Gasteiger partial charge on any atom is -0.491 e. The molecule has 1 heterocycles. The maximum Gasteiger partial charge on any atom is 0.332 e. The van der Waals surface area contributed by atoms with Gasteiger partial charge in [0.1, 0.15) is 29.7 Å². The fourth-order valence-electron chi connectivity index (χ4n) is 3.68. The highest BCUT2D eigenvalue weighted by atomic mass is 32.1. The summed E-state index contributed by atoms with van der Waals surface area (Å²) < 4.78 is 16.2. The van der Waals surface area contributed by atoms with Crippen LogP contribution in [0.5, 0.6) is 5.75 Å². The van der Waals surface area contributed by atoms with Gasteiger partial charge in [0, 0.05) is 11.3 Å². The van der Waals surface area contributed by atoms with E-state index in [-0.39, 0.29) is 12.6 Å².